The van der Waals surface area contributed by atoms with Crippen molar-refractivity contribution < 1.29 is 23.7 Å². The molecule has 2 aliphatic rings. The van der Waals surface area contributed by atoms with Crippen molar-refractivity contribution in [3.8, 4) is 11.5 Å². The largest absolute Gasteiger partial charge is 0.454 e. The molecular formula is C19H27NO5. The molecule has 2 heterocycles. The van der Waals surface area contributed by atoms with E-state index in [2.05, 4.69) is 0 Å². The molecule has 138 valence electrons. The first-order valence-corrected chi connectivity index (χ1v) is 9.08. The highest BCUT2D eigenvalue weighted by Gasteiger charge is 2.23. The van der Waals surface area contributed by atoms with E-state index in [9.17, 15) is 4.79 Å². The Bertz CT molecular complexity index is 585. The molecule has 6 nitrogen and oxygen atoms in total. The second kappa shape index (κ2) is 8.54. The summed E-state index contributed by atoms with van der Waals surface area (Å²) in [5, 5.41) is 0. The summed E-state index contributed by atoms with van der Waals surface area (Å²) in [5.74, 6) is 1.48. The summed E-state index contributed by atoms with van der Waals surface area (Å²) >= 11 is 0. The number of fused-ring (bicyclic) bond motifs is 1. The van der Waals surface area contributed by atoms with Crippen LogP contribution in [-0.4, -0.2) is 49.6 Å². The summed E-state index contributed by atoms with van der Waals surface area (Å²) < 4.78 is 22.2. The zero-order valence-corrected chi connectivity index (χ0v) is 15.0. The lowest BCUT2D eigenvalue weighted by molar-refractivity contribution is -0.146. The van der Waals surface area contributed by atoms with Gasteiger partial charge in [0.25, 0.3) is 5.91 Å². The van der Waals surface area contributed by atoms with Gasteiger partial charge >= 0.3 is 0 Å². The van der Waals surface area contributed by atoms with Gasteiger partial charge in [0.2, 0.25) is 6.79 Å². The van der Waals surface area contributed by atoms with E-state index in [0.717, 1.165) is 36.5 Å². The molecule has 25 heavy (non-hydrogen) atoms. The van der Waals surface area contributed by atoms with E-state index in [1.165, 1.54) is 6.42 Å². The fourth-order valence-corrected chi connectivity index (χ4v) is 3.12. The second-order valence-electron chi connectivity index (χ2n) is 6.50. The van der Waals surface area contributed by atoms with E-state index in [4.69, 9.17) is 18.9 Å². The zero-order valence-electron chi connectivity index (χ0n) is 15.0. The van der Waals surface area contributed by atoms with E-state index in [0.29, 0.717) is 19.7 Å². The van der Waals surface area contributed by atoms with Crippen LogP contribution in [-0.2, 0) is 20.8 Å². The average Bonchev–Trinajstić information content (AvgIpc) is 3.12. The van der Waals surface area contributed by atoms with Crippen molar-refractivity contribution in [2.24, 2.45) is 0 Å². The quantitative estimate of drug-likeness (QED) is 0.758. The van der Waals surface area contributed by atoms with Crippen molar-refractivity contribution >= 4 is 5.91 Å². The van der Waals surface area contributed by atoms with Crippen molar-refractivity contribution in [1.82, 2.24) is 4.90 Å². The summed E-state index contributed by atoms with van der Waals surface area (Å²) in [6.07, 6.45) is 2.94. The molecule has 1 amide bonds. The van der Waals surface area contributed by atoms with Gasteiger partial charge in [0, 0.05) is 19.7 Å². The lowest BCUT2D eigenvalue weighted by Gasteiger charge is -2.27. The van der Waals surface area contributed by atoms with Crippen LogP contribution in [0.25, 0.3) is 0 Å². The topological polar surface area (TPSA) is 57.2 Å². The van der Waals surface area contributed by atoms with Gasteiger partial charge < -0.3 is 23.8 Å². The van der Waals surface area contributed by atoms with E-state index >= 15 is 0 Å². The molecule has 0 saturated carbocycles. The lowest BCUT2D eigenvalue weighted by atomic mass is 10.1. The number of amides is 1. The average molecular weight is 349 g/mol. The Morgan fingerprint density at radius 2 is 2.16 bits per heavy atom. The Morgan fingerprint density at radius 1 is 1.32 bits per heavy atom. The molecule has 0 N–H and O–H groups in total. The molecule has 0 aliphatic carbocycles. The number of benzene rings is 1. The molecule has 1 fully saturated rings. The Hall–Kier alpha value is -1.79. The van der Waals surface area contributed by atoms with Gasteiger partial charge in [0.05, 0.1) is 12.7 Å². The molecule has 2 atom stereocenters. The first kappa shape index (κ1) is 18.0. The van der Waals surface area contributed by atoms with Gasteiger partial charge in [0.1, 0.15) is 6.10 Å². The summed E-state index contributed by atoms with van der Waals surface area (Å²) in [5.41, 5.74) is 1.02. The standard InChI is InChI=1S/C19H27NO5/c1-3-20(11-15-7-8-17-18(10-15)25-13-24-17)19(21)14(2)23-12-16-6-4-5-9-22-16/h7-8,10,14,16H,3-6,9,11-13H2,1-2H3/t14-,16-/m0/s1. The smallest absolute Gasteiger partial charge is 0.251 e. The summed E-state index contributed by atoms with van der Waals surface area (Å²) in [4.78, 5) is 14.5. The van der Waals surface area contributed by atoms with Crippen LogP contribution in [0.1, 0.15) is 38.7 Å². The van der Waals surface area contributed by atoms with Crippen LogP contribution in [0.4, 0.5) is 0 Å². The summed E-state index contributed by atoms with van der Waals surface area (Å²) in [6, 6.07) is 5.78. The maximum atomic E-state index is 12.7. The highest BCUT2D eigenvalue weighted by molar-refractivity contribution is 5.80. The van der Waals surface area contributed by atoms with Gasteiger partial charge in [-0.25, -0.2) is 0 Å². The third kappa shape index (κ3) is 4.64. The molecule has 2 aliphatic heterocycles. The van der Waals surface area contributed by atoms with Gasteiger partial charge in [-0.1, -0.05) is 6.07 Å². The van der Waals surface area contributed by atoms with E-state index < -0.39 is 6.10 Å². The number of hydrogen-bond acceptors (Lipinski definition) is 5. The van der Waals surface area contributed by atoms with Crippen molar-refractivity contribution in [3.05, 3.63) is 23.8 Å². The number of rotatable bonds is 7. The Labute approximate surface area is 149 Å². The van der Waals surface area contributed by atoms with E-state index in [-0.39, 0.29) is 18.8 Å². The minimum Gasteiger partial charge on any atom is -0.454 e. The third-order valence-corrected chi connectivity index (χ3v) is 4.66. The number of carbonyl (C=O) groups is 1. The van der Waals surface area contributed by atoms with Gasteiger partial charge in [-0.3, -0.25) is 4.79 Å². The first-order chi connectivity index (χ1) is 12.2. The molecule has 6 heteroatoms. The predicted octanol–water partition coefficient (Wildman–Crippen LogP) is 2.74. The fraction of sp³-hybridized carbons (Fsp3) is 0.632. The minimum atomic E-state index is -0.473. The Kier molecular flexibility index (Phi) is 6.15. The second-order valence-corrected chi connectivity index (χ2v) is 6.50. The van der Waals surface area contributed by atoms with Crippen molar-refractivity contribution in [3.63, 3.8) is 0 Å². The van der Waals surface area contributed by atoms with Crippen LogP contribution in [0.2, 0.25) is 0 Å². The van der Waals surface area contributed by atoms with Gasteiger partial charge in [-0.2, -0.15) is 0 Å². The fourth-order valence-electron chi connectivity index (χ4n) is 3.12. The Balaban J connectivity index is 1.53. The number of carbonyl (C=O) groups excluding carboxylic acids is 1. The molecular weight excluding hydrogens is 322 g/mol. The van der Waals surface area contributed by atoms with Crippen LogP contribution in [0.3, 0.4) is 0 Å². The normalized spacial score (nSPS) is 20.3. The molecule has 1 saturated heterocycles. The molecule has 1 aromatic rings. The highest BCUT2D eigenvalue weighted by Crippen LogP contribution is 2.32. The monoisotopic (exact) mass is 349 g/mol. The summed E-state index contributed by atoms with van der Waals surface area (Å²) in [7, 11) is 0. The molecule has 0 bridgehead atoms. The van der Waals surface area contributed by atoms with Crippen LogP contribution in [0, 0.1) is 0 Å². The number of hydrogen-bond donors (Lipinski definition) is 0. The Morgan fingerprint density at radius 3 is 2.92 bits per heavy atom. The first-order valence-electron chi connectivity index (χ1n) is 9.08. The van der Waals surface area contributed by atoms with Crippen LogP contribution < -0.4 is 9.47 Å². The van der Waals surface area contributed by atoms with Gasteiger partial charge in [0.15, 0.2) is 11.5 Å². The van der Waals surface area contributed by atoms with Crippen LogP contribution in [0.15, 0.2) is 18.2 Å². The maximum absolute atomic E-state index is 12.7. The maximum Gasteiger partial charge on any atom is 0.251 e. The van der Waals surface area contributed by atoms with Crippen LogP contribution >= 0.6 is 0 Å². The van der Waals surface area contributed by atoms with E-state index in [1.54, 1.807) is 4.90 Å². The van der Waals surface area contributed by atoms with Crippen molar-refractivity contribution in [2.45, 2.75) is 51.9 Å². The lowest BCUT2D eigenvalue weighted by Crippen LogP contribution is -2.40. The number of likely N-dealkylation sites (N-methyl/N-ethyl adjacent to an activating group) is 1. The number of nitrogens with zero attached hydrogens (tertiary/aromatic N) is 1. The van der Waals surface area contributed by atoms with Gasteiger partial charge in [-0.05, 0) is 50.8 Å². The number of ether oxygens (including phenoxy) is 4. The van der Waals surface area contributed by atoms with Crippen molar-refractivity contribution in [1.29, 1.82) is 0 Å². The molecule has 3 rings (SSSR count). The zero-order chi connectivity index (χ0) is 17.6. The molecule has 0 unspecified atom stereocenters. The van der Waals surface area contributed by atoms with E-state index in [1.807, 2.05) is 32.0 Å². The molecule has 0 aromatic heterocycles. The highest BCUT2D eigenvalue weighted by atomic mass is 16.7. The predicted molar refractivity (Wildman–Crippen MR) is 92.7 cm³/mol. The third-order valence-electron chi connectivity index (χ3n) is 4.66. The van der Waals surface area contributed by atoms with Crippen molar-refractivity contribution in [2.75, 3.05) is 26.6 Å². The minimum absolute atomic E-state index is 0.00373. The molecule has 0 spiro atoms. The SMILES string of the molecule is CCN(Cc1ccc2c(c1)OCO2)C(=O)[C@H](C)OC[C@@H]1CCCCO1. The molecule has 0 radical (unpaired) electrons. The van der Waals surface area contributed by atoms with Crippen LogP contribution in [0.5, 0.6) is 11.5 Å². The summed E-state index contributed by atoms with van der Waals surface area (Å²) in [6.45, 7) is 6.47. The molecule has 1 aromatic carbocycles. The van der Waals surface area contributed by atoms with Gasteiger partial charge in [-0.15, -0.1) is 0 Å².